The zero-order valence-electron chi connectivity index (χ0n) is 16.2. The van der Waals surface area contributed by atoms with Crippen LogP contribution in [0.15, 0.2) is 65.2 Å². The van der Waals surface area contributed by atoms with Gasteiger partial charge >= 0.3 is 5.97 Å². The van der Waals surface area contributed by atoms with E-state index < -0.39 is 17.3 Å². The second-order valence-corrected chi connectivity index (χ2v) is 6.65. The van der Waals surface area contributed by atoms with Crippen LogP contribution in [-0.2, 0) is 0 Å². The maximum Gasteiger partial charge on any atom is 0.338 e. The minimum absolute atomic E-state index is 0.155. The quantitative estimate of drug-likeness (QED) is 0.491. The second kappa shape index (κ2) is 7.79. The van der Waals surface area contributed by atoms with E-state index in [4.69, 9.17) is 14.4 Å². The molecule has 150 valence electrons. The molecule has 7 heteroatoms. The molecule has 1 N–H and O–H groups in total. The molecule has 0 saturated carbocycles. The minimum atomic E-state index is -1.34. The molecule has 30 heavy (non-hydrogen) atoms. The van der Waals surface area contributed by atoms with Gasteiger partial charge in [-0.3, -0.25) is 0 Å². The van der Waals surface area contributed by atoms with E-state index in [0.29, 0.717) is 16.9 Å². The van der Waals surface area contributed by atoms with Gasteiger partial charge in [0.25, 0.3) is 5.89 Å². The molecular formula is C23H17FN2O4. The summed E-state index contributed by atoms with van der Waals surface area (Å²) in [5.74, 6) is -1.16. The highest BCUT2D eigenvalue weighted by Gasteiger charge is 2.17. The van der Waals surface area contributed by atoms with Gasteiger partial charge in [0.15, 0.2) is 0 Å². The van der Waals surface area contributed by atoms with Gasteiger partial charge in [-0.25, -0.2) is 9.18 Å². The Kier molecular flexibility index (Phi) is 5.02. The van der Waals surface area contributed by atoms with E-state index in [1.165, 1.54) is 12.1 Å². The third-order valence-corrected chi connectivity index (χ3v) is 4.77. The van der Waals surface area contributed by atoms with E-state index >= 15 is 0 Å². The molecule has 0 aliphatic heterocycles. The zero-order valence-corrected chi connectivity index (χ0v) is 16.2. The third kappa shape index (κ3) is 3.53. The molecule has 0 atom stereocenters. The van der Waals surface area contributed by atoms with Crippen LogP contribution in [0.5, 0.6) is 5.75 Å². The number of aromatic nitrogens is 2. The Morgan fingerprint density at radius 1 is 1.03 bits per heavy atom. The van der Waals surface area contributed by atoms with Crippen molar-refractivity contribution in [3.63, 3.8) is 0 Å². The van der Waals surface area contributed by atoms with Crippen molar-refractivity contribution >= 4 is 5.97 Å². The number of methoxy groups -OCH3 is 1. The number of rotatable bonds is 5. The lowest BCUT2D eigenvalue weighted by atomic mass is 9.98. The van der Waals surface area contributed by atoms with Gasteiger partial charge in [0.05, 0.1) is 12.7 Å². The minimum Gasteiger partial charge on any atom is -0.496 e. The Bertz CT molecular complexity index is 1250. The van der Waals surface area contributed by atoms with E-state index in [1.54, 1.807) is 13.2 Å². The average molecular weight is 404 g/mol. The molecule has 4 aromatic rings. The first-order chi connectivity index (χ1) is 14.5. The normalized spacial score (nSPS) is 10.8. The summed E-state index contributed by atoms with van der Waals surface area (Å²) in [6.45, 7) is 2.03. The molecule has 0 aliphatic rings. The summed E-state index contributed by atoms with van der Waals surface area (Å²) in [6.07, 6.45) is 0. The lowest BCUT2D eigenvalue weighted by Gasteiger charge is -2.11. The molecular weight excluding hydrogens is 387 g/mol. The SMILES string of the molecule is COc1cc(-c2nc(-c3ccc(C(=O)O)c(F)c3)no2)ccc1-c1ccccc1C. The summed E-state index contributed by atoms with van der Waals surface area (Å²) < 4.78 is 24.9. The van der Waals surface area contributed by atoms with Gasteiger partial charge in [0.1, 0.15) is 11.6 Å². The molecule has 4 rings (SSSR count). The number of nitrogens with zero attached hydrogens (tertiary/aromatic N) is 2. The summed E-state index contributed by atoms with van der Waals surface area (Å²) >= 11 is 0. The fourth-order valence-electron chi connectivity index (χ4n) is 3.21. The van der Waals surface area contributed by atoms with Crippen molar-refractivity contribution in [2.75, 3.05) is 7.11 Å². The molecule has 0 bridgehead atoms. The lowest BCUT2D eigenvalue weighted by Crippen LogP contribution is -2.00. The van der Waals surface area contributed by atoms with Crippen LogP contribution >= 0.6 is 0 Å². The highest BCUT2D eigenvalue weighted by atomic mass is 19.1. The first kappa shape index (κ1) is 19.3. The van der Waals surface area contributed by atoms with Crippen molar-refractivity contribution in [3.8, 4) is 39.7 Å². The van der Waals surface area contributed by atoms with Crippen molar-refractivity contribution in [2.45, 2.75) is 6.92 Å². The van der Waals surface area contributed by atoms with Gasteiger partial charge < -0.3 is 14.4 Å². The molecule has 1 aromatic heterocycles. The highest BCUT2D eigenvalue weighted by Crippen LogP contribution is 2.35. The van der Waals surface area contributed by atoms with Crippen LogP contribution in [0.4, 0.5) is 4.39 Å². The predicted molar refractivity (Wildman–Crippen MR) is 109 cm³/mol. The summed E-state index contributed by atoms with van der Waals surface area (Å²) in [5.41, 5.74) is 3.66. The Balaban J connectivity index is 1.69. The molecule has 0 saturated heterocycles. The Morgan fingerprint density at radius 2 is 1.80 bits per heavy atom. The van der Waals surface area contributed by atoms with Gasteiger partial charge in [0, 0.05) is 16.7 Å². The van der Waals surface area contributed by atoms with Crippen molar-refractivity contribution in [3.05, 3.63) is 77.6 Å². The monoisotopic (exact) mass is 404 g/mol. The van der Waals surface area contributed by atoms with Crippen LogP contribution in [-0.4, -0.2) is 28.3 Å². The Hall–Kier alpha value is -4.00. The first-order valence-electron chi connectivity index (χ1n) is 9.09. The zero-order chi connectivity index (χ0) is 21.3. The smallest absolute Gasteiger partial charge is 0.338 e. The molecule has 0 fully saturated rings. The second-order valence-electron chi connectivity index (χ2n) is 6.65. The lowest BCUT2D eigenvalue weighted by molar-refractivity contribution is 0.0692. The molecule has 0 radical (unpaired) electrons. The van der Waals surface area contributed by atoms with Crippen LogP contribution in [0.2, 0.25) is 0 Å². The number of carboxylic acid groups (broad SMARTS) is 1. The van der Waals surface area contributed by atoms with Gasteiger partial charge in [-0.2, -0.15) is 4.98 Å². The topological polar surface area (TPSA) is 85.5 Å². The Morgan fingerprint density at radius 3 is 2.50 bits per heavy atom. The van der Waals surface area contributed by atoms with Crippen molar-refractivity contribution < 1.29 is 23.6 Å². The summed E-state index contributed by atoms with van der Waals surface area (Å²) in [7, 11) is 1.59. The number of benzene rings is 3. The molecule has 0 unspecified atom stereocenters. The molecule has 6 nitrogen and oxygen atoms in total. The summed E-state index contributed by atoms with van der Waals surface area (Å²) in [6, 6.07) is 17.2. The number of ether oxygens (including phenoxy) is 1. The van der Waals surface area contributed by atoms with Gasteiger partial charge in [-0.15, -0.1) is 0 Å². The molecule has 1 heterocycles. The Labute approximate surface area is 171 Å². The van der Waals surface area contributed by atoms with E-state index in [2.05, 4.69) is 10.1 Å². The molecule has 0 amide bonds. The largest absolute Gasteiger partial charge is 0.496 e. The van der Waals surface area contributed by atoms with E-state index in [-0.39, 0.29) is 11.7 Å². The van der Waals surface area contributed by atoms with Crippen LogP contribution in [0.25, 0.3) is 34.0 Å². The molecule has 0 spiro atoms. The number of aryl methyl sites for hydroxylation is 1. The maximum atomic E-state index is 14.0. The number of aromatic carboxylic acids is 1. The molecule has 0 aliphatic carbocycles. The van der Waals surface area contributed by atoms with Crippen LogP contribution < -0.4 is 4.74 Å². The van der Waals surface area contributed by atoms with Crippen LogP contribution in [0, 0.1) is 12.7 Å². The fourth-order valence-corrected chi connectivity index (χ4v) is 3.21. The van der Waals surface area contributed by atoms with E-state index in [1.807, 2.05) is 43.3 Å². The van der Waals surface area contributed by atoms with Gasteiger partial charge in [0.2, 0.25) is 5.82 Å². The van der Waals surface area contributed by atoms with Crippen LogP contribution in [0.1, 0.15) is 15.9 Å². The van der Waals surface area contributed by atoms with Crippen LogP contribution in [0.3, 0.4) is 0 Å². The number of hydrogen-bond donors (Lipinski definition) is 1. The van der Waals surface area contributed by atoms with Crippen molar-refractivity contribution in [1.29, 1.82) is 0 Å². The fraction of sp³-hybridized carbons (Fsp3) is 0.0870. The molecule has 3 aromatic carbocycles. The predicted octanol–water partition coefficient (Wildman–Crippen LogP) is 5.22. The number of carbonyl (C=O) groups is 1. The maximum absolute atomic E-state index is 14.0. The number of hydrogen-bond acceptors (Lipinski definition) is 5. The summed E-state index contributed by atoms with van der Waals surface area (Å²) in [5, 5.41) is 12.8. The third-order valence-electron chi connectivity index (χ3n) is 4.77. The first-order valence-corrected chi connectivity index (χ1v) is 9.09. The van der Waals surface area contributed by atoms with Gasteiger partial charge in [-0.1, -0.05) is 29.4 Å². The highest BCUT2D eigenvalue weighted by molar-refractivity contribution is 5.88. The van der Waals surface area contributed by atoms with Crippen molar-refractivity contribution in [2.24, 2.45) is 0 Å². The number of halogens is 1. The van der Waals surface area contributed by atoms with E-state index in [0.717, 1.165) is 22.8 Å². The summed E-state index contributed by atoms with van der Waals surface area (Å²) in [4.78, 5) is 15.3. The van der Waals surface area contributed by atoms with Crippen molar-refractivity contribution in [1.82, 2.24) is 10.1 Å². The van der Waals surface area contributed by atoms with E-state index in [9.17, 15) is 9.18 Å². The average Bonchev–Trinajstić information content (AvgIpc) is 3.24. The number of carboxylic acids is 1. The standard InChI is InChI=1S/C23H17FN2O4/c1-13-5-3-4-6-16(13)17-9-8-15(12-20(17)29-2)22-25-21(26-30-22)14-7-10-18(23(27)28)19(24)11-14/h3-12H,1-2H3,(H,27,28). The van der Waals surface area contributed by atoms with Gasteiger partial charge in [-0.05, 0) is 54.4 Å².